The van der Waals surface area contributed by atoms with Crippen LogP contribution in [0.4, 0.5) is 10.5 Å². The fraction of sp³-hybridized carbons (Fsp3) is 0.375. The number of carbonyl (C=O) groups excluding carboxylic acids is 1. The molecule has 22 heavy (non-hydrogen) atoms. The van der Waals surface area contributed by atoms with Gasteiger partial charge in [0.2, 0.25) is 0 Å². The highest BCUT2D eigenvalue weighted by Crippen LogP contribution is 2.22. The number of nitrogens with one attached hydrogen (secondary N) is 1. The lowest BCUT2D eigenvalue weighted by atomic mass is 10.1. The van der Waals surface area contributed by atoms with Crippen LogP contribution >= 0.6 is 11.6 Å². The Morgan fingerprint density at radius 3 is 2.95 bits per heavy atom. The van der Waals surface area contributed by atoms with Gasteiger partial charge in [0.15, 0.2) is 0 Å². The zero-order chi connectivity index (χ0) is 15.7. The van der Waals surface area contributed by atoms with Crippen LogP contribution in [0.5, 0.6) is 0 Å². The van der Waals surface area contributed by atoms with Crippen LogP contribution in [0, 0.1) is 0 Å². The number of hydrogen-bond acceptors (Lipinski definition) is 2. The van der Waals surface area contributed by atoms with Crippen LogP contribution in [0.25, 0.3) is 0 Å². The summed E-state index contributed by atoms with van der Waals surface area (Å²) in [7, 11) is 0. The first-order valence-corrected chi connectivity index (χ1v) is 7.78. The summed E-state index contributed by atoms with van der Waals surface area (Å²) in [5.41, 5.74) is 2.93. The van der Waals surface area contributed by atoms with Crippen molar-refractivity contribution in [3.05, 3.63) is 47.0 Å². The van der Waals surface area contributed by atoms with Gasteiger partial charge < -0.3 is 14.8 Å². The highest BCUT2D eigenvalue weighted by atomic mass is 35.5. The molecule has 0 spiro atoms. The predicted molar refractivity (Wildman–Crippen MR) is 87.2 cm³/mol. The highest BCUT2D eigenvalue weighted by molar-refractivity contribution is 6.30. The number of imidazole rings is 1. The molecule has 2 aromatic rings. The smallest absolute Gasteiger partial charge is 0.322 e. The van der Waals surface area contributed by atoms with Gasteiger partial charge in [-0.3, -0.25) is 0 Å². The molecule has 0 radical (unpaired) electrons. The monoisotopic (exact) mass is 318 g/mol. The van der Waals surface area contributed by atoms with Crippen molar-refractivity contribution >= 4 is 23.3 Å². The molecule has 2 heterocycles. The van der Waals surface area contributed by atoms with E-state index in [1.807, 2.05) is 23.4 Å². The molecule has 0 aliphatic carbocycles. The Morgan fingerprint density at radius 2 is 2.23 bits per heavy atom. The SMILES string of the molecule is CC(C)n1cnc2c1CN(C(=O)Nc1cccc(Cl)c1)CC2. The second-order valence-corrected chi connectivity index (χ2v) is 6.19. The Bertz CT molecular complexity index is 695. The third-order valence-corrected chi connectivity index (χ3v) is 4.10. The first-order valence-electron chi connectivity index (χ1n) is 7.40. The normalized spacial score (nSPS) is 14.1. The molecule has 0 bridgehead atoms. The van der Waals surface area contributed by atoms with Crippen molar-refractivity contribution in [2.75, 3.05) is 11.9 Å². The quantitative estimate of drug-likeness (QED) is 0.917. The van der Waals surface area contributed by atoms with E-state index in [1.165, 1.54) is 0 Å². The van der Waals surface area contributed by atoms with E-state index >= 15 is 0 Å². The molecule has 0 saturated carbocycles. The van der Waals surface area contributed by atoms with Gasteiger partial charge in [0.1, 0.15) is 0 Å². The van der Waals surface area contributed by atoms with Gasteiger partial charge in [0, 0.05) is 29.7 Å². The summed E-state index contributed by atoms with van der Waals surface area (Å²) in [6.45, 7) is 5.49. The van der Waals surface area contributed by atoms with Crippen molar-refractivity contribution in [3.63, 3.8) is 0 Å². The number of aromatic nitrogens is 2. The van der Waals surface area contributed by atoms with Crippen LogP contribution in [-0.4, -0.2) is 27.0 Å². The number of benzene rings is 1. The minimum absolute atomic E-state index is 0.107. The highest BCUT2D eigenvalue weighted by Gasteiger charge is 2.25. The molecule has 3 rings (SSSR count). The fourth-order valence-corrected chi connectivity index (χ4v) is 2.88. The topological polar surface area (TPSA) is 50.2 Å². The number of anilines is 1. The molecule has 6 heteroatoms. The summed E-state index contributed by atoms with van der Waals surface area (Å²) in [6.07, 6.45) is 2.66. The number of amides is 2. The molecule has 1 aliphatic rings. The summed E-state index contributed by atoms with van der Waals surface area (Å²) in [4.78, 5) is 18.7. The third-order valence-electron chi connectivity index (χ3n) is 3.86. The zero-order valence-electron chi connectivity index (χ0n) is 12.7. The molecule has 2 amide bonds. The fourth-order valence-electron chi connectivity index (χ4n) is 2.69. The largest absolute Gasteiger partial charge is 0.330 e. The lowest BCUT2D eigenvalue weighted by Gasteiger charge is -2.28. The standard InChI is InChI=1S/C16H19ClN4O/c1-11(2)21-10-18-14-6-7-20(9-15(14)21)16(22)19-13-5-3-4-12(17)8-13/h3-5,8,10-11H,6-7,9H2,1-2H3,(H,19,22). The van der Waals surface area contributed by atoms with Gasteiger partial charge in [0.25, 0.3) is 0 Å². The minimum atomic E-state index is -0.107. The number of hydrogen-bond donors (Lipinski definition) is 1. The van der Waals surface area contributed by atoms with Crippen molar-refractivity contribution in [1.29, 1.82) is 0 Å². The van der Waals surface area contributed by atoms with E-state index in [2.05, 4.69) is 28.7 Å². The maximum absolute atomic E-state index is 12.4. The average Bonchev–Trinajstić information content (AvgIpc) is 2.90. The van der Waals surface area contributed by atoms with Gasteiger partial charge in [-0.1, -0.05) is 17.7 Å². The first kappa shape index (κ1) is 14.9. The zero-order valence-corrected chi connectivity index (χ0v) is 13.5. The van der Waals surface area contributed by atoms with E-state index in [0.29, 0.717) is 29.8 Å². The van der Waals surface area contributed by atoms with Crippen molar-refractivity contribution < 1.29 is 4.79 Å². The van der Waals surface area contributed by atoms with E-state index in [1.54, 1.807) is 12.1 Å². The Morgan fingerprint density at radius 1 is 1.41 bits per heavy atom. The number of fused-ring (bicyclic) bond motifs is 1. The molecule has 1 aromatic carbocycles. The maximum Gasteiger partial charge on any atom is 0.322 e. The summed E-state index contributed by atoms with van der Waals surface area (Å²) in [5, 5.41) is 3.51. The summed E-state index contributed by atoms with van der Waals surface area (Å²) < 4.78 is 2.13. The molecule has 0 atom stereocenters. The average molecular weight is 319 g/mol. The van der Waals surface area contributed by atoms with E-state index in [0.717, 1.165) is 17.8 Å². The second-order valence-electron chi connectivity index (χ2n) is 5.75. The Hall–Kier alpha value is -2.01. The van der Waals surface area contributed by atoms with Gasteiger partial charge in [-0.05, 0) is 32.0 Å². The summed E-state index contributed by atoms with van der Waals surface area (Å²) in [5.74, 6) is 0. The van der Waals surface area contributed by atoms with E-state index in [9.17, 15) is 4.79 Å². The van der Waals surface area contributed by atoms with Crippen molar-refractivity contribution in [3.8, 4) is 0 Å². The van der Waals surface area contributed by atoms with Crippen LogP contribution in [0.15, 0.2) is 30.6 Å². The minimum Gasteiger partial charge on any atom is -0.330 e. The number of rotatable bonds is 2. The van der Waals surface area contributed by atoms with Crippen LogP contribution in [-0.2, 0) is 13.0 Å². The molecule has 1 aliphatic heterocycles. The molecule has 1 aromatic heterocycles. The van der Waals surface area contributed by atoms with Crippen molar-refractivity contribution in [2.45, 2.75) is 32.9 Å². The molecule has 0 unspecified atom stereocenters. The third kappa shape index (κ3) is 2.95. The Kier molecular flexibility index (Phi) is 4.07. The number of nitrogens with zero attached hydrogens (tertiary/aromatic N) is 3. The second kappa shape index (κ2) is 6.01. The predicted octanol–water partition coefficient (Wildman–Crippen LogP) is 3.71. The molecular weight excluding hydrogens is 300 g/mol. The van der Waals surface area contributed by atoms with E-state index in [4.69, 9.17) is 11.6 Å². The van der Waals surface area contributed by atoms with Crippen molar-refractivity contribution in [2.24, 2.45) is 0 Å². The number of halogens is 1. The van der Waals surface area contributed by atoms with Gasteiger partial charge in [-0.15, -0.1) is 0 Å². The maximum atomic E-state index is 12.4. The van der Waals surface area contributed by atoms with Gasteiger partial charge in [-0.2, -0.15) is 0 Å². The summed E-state index contributed by atoms with van der Waals surface area (Å²) >= 11 is 5.95. The van der Waals surface area contributed by atoms with Gasteiger partial charge >= 0.3 is 6.03 Å². The van der Waals surface area contributed by atoms with Crippen LogP contribution in [0.2, 0.25) is 5.02 Å². The molecule has 5 nitrogen and oxygen atoms in total. The van der Waals surface area contributed by atoms with Crippen molar-refractivity contribution in [1.82, 2.24) is 14.5 Å². The molecule has 0 fully saturated rings. The molecule has 116 valence electrons. The number of carbonyl (C=O) groups is 1. The van der Waals surface area contributed by atoms with Crippen LogP contribution in [0.1, 0.15) is 31.3 Å². The lowest BCUT2D eigenvalue weighted by molar-refractivity contribution is 0.204. The van der Waals surface area contributed by atoms with Gasteiger partial charge in [-0.25, -0.2) is 9.78 Å². The Balaban J connectivity index is 1.73. The number of urea groups is 1. The van der Waals surface area contributed by atoms with E-state index < -0.39 is 0 Å². The lowest BCUT2D eigenvalue weighted by Crippen LogP contribution is -2.39. The van der Waals surface area contributed by atoms with Crippen LogP contribution < -0.4 is 5.32 Å². The molecule has 0 saturated heterocycles. The van der Waals surface area contributed by atoms with Crippen LogP contribution in [0.3, 0.4) is 0 Å². The van der Waals surface area contributed by atoms with E-state index in [-0.39, 0.29) is 6.03 Å². The molecule has 1 N–H and O–H groups in total. The molecular formula is C16H19ClN4O. The first-order chi connectivity index (χ1) is 10.5. The summed E-state index contributed by atoms with van der Waals surface area (Å²) in [6, 6.07) is 7.41. The Labute approximate surface area is 134 Å². The van der Waals surface area contributed by atoms with Gasteiger partial charge in [0.05, 0.1) is 24.3 Å².